The number of carbonyl (C=O) groups excluding carboxylic acids is 1. The van der Waals surface area contributed by atoms with E-state index in [0.717, 1.165) is 42.6 Å². The Hall–Kier alpha value is -4.15. The Balaban J connectivity index is 1.33. The number of aliphatic imine (C=N–C) groups is 1. The van der Waals surface area contributed by atoms with Crippen LogP contribution in [0.1, 0.15) is 25.7 Å². The van der Waals surface area contributed by atoms with E-state index in [-0.39, 0.29) is 17.9 Å². The number of nitrogens with two attached hydrogens (primary N) is 1. The monoisotopic (exact) mass is 458 g/mol. The average molecular weight is 459 g/mol. The van der Waals surface area contributed by atoms with Gasteiger partial charge in [0.25, 0.3) is 0 Å². The highest BCUT2D eigenvalue weighted by atomic mass is 16.1. The van der Waals surface area contributed by atoms with Crippen molar-refractivity contribution in [3.05, 3.63) is 42.9 Å². The third-order valence-corrected chi connectivity index (χ3v) is 6.11. The van der Waals surface area contributed by atoms with E-state index in [4.69, 9.17) is 5.73 Å². The zero-order valence-electron chi connectivity index (χ0n) is 18.9. The van der Waals surface area contributed by atoms with Gasteiger partial charge >= 0.3 is 0 Å². The summed E-state index contributed by atoms with van der Waals surface area (Å²) in [5.41, 5.74) is 9.61. The van der Waals surface area contributed by atoms with Crippen LogP contribution in [0.3, 0.4) is 0 Å². The van der Waals surface area contributed by atoms with E-state index in [9.17, 15) is 4.79 Å². The van der Waals surface area contributed by atoms with Crippen LogP contribution in [0.5, 0.6) is 0 Å². The molecule has 34 heavy (non-hydrogen) atoms. The van der Waals surface area contributed by atoms with Crippen LogP contribution in [-0.4, -0.2) is 60.0 Å². The van der Waals surface area contributed by atoms with E-state index in [1.807, 2.05) is 47.6 Å². The van der Waals surface area contributed by atoms with Gasteiger partial charge in [0.05, 0.1) is 18.1 Å². The van der Waals surface area contributed by atoms with E-state index in [0.29, 0.717) is 23.5 Å². The fourth-order valence-electron chi connectivity index (χ4n) is 4.27. The van der Waals surface area contributed by atoms with E-state index in [2.05, 4.69) is 35.7 Å². The molecule has 5 rings (SSSR count). The molecule has 1 fully saturated rings. The standard InChI is InChI=1S/C23H26N10O/c1-25-9-2-10-32-14-17(12-27-32)15-4-7-19(8-5-15)33-22-20(30-31-33)13-26-23(29-22)28-18-6-3-16(11-18)21(24)34/h4-5,7-9,12-14,16,18H,2-3,6,10-11H2,1H3,(H2,24,34)(H,26,28,29)/b25-9-/t16-,18-/m1/s1. The van der Waals surface area contributed by atoms with Gasteiger partial charge in [-0.15, -0.1) is 5.10 Å². The molecule has 0 unspecified atom stereocenters. The van der Waals surface area contributed by atoms with E-state index in [1.165, 1.54) is 0 Å². The molecule has 11 heteroatoms. The predicted molar refractivity (Wildman–Crippen MR) is 129 cm³/mol. The van der Waals surface area contributed by atoms with E-state index in [1.54, 1.807) is 17.9 Å². The molecule has 1 aliphatic rings. The molecule has 0 spiro atoms. The molecule has 1 aliphatic carbocycles. The minimum Gasteiger partial charge on any atom is -0.369 e. The van der Waals surface area contributed by atoms with Crippen LogP contribution in [-0.2, 0) is 11.3 Å². The van der Waals surface area contributed by atoms with Crippen LogP contribution in [0.25, 0.3) is 28.0 Å². The Morgan fingerprint density at radius 1 is 1.24 bits per heavy atom. The van der Waals surface area contributed by atoms with Gasteiger partial charge < -0.3 is 16.0 Å². The fraction of sp³-hybridized carbons (Fsp3) is 0.348. The molecule has 11 nitrogen and oxygen atoms in total. The summed E-state index contributed by atoms with van der Waals surface area (Å²) in [5.74, 6) is 0.150. The molecule has 3 aromatic heterocycles. The normalized spacial score (nSPS) is 18.1. The maximum atomic E-state index is 11.4. The molecule has 1 saturated carbocycles. The Kier molecular flexibility index (Phi) is 5.98. The lowest BCUT2D eigenvalue weighted by molar-refractivity contribution is -0.121. The summed E-state index contributed by atoms with van der Waals surface area (Å²) in [6, 6.07) is 8.14. The number of nitrogens with zero attached hydrogens (tertiary/aromatic N) is 8. The molecule has 0 saturated heterocycles. The molecule has 1 aromatic carbocycles. The number of amides is 1. The van der Waals surface area contributed by atoms with Crippen molar-refractivity contribution < 1.29 is 4.79 Å². The summed E-state index contributed by atoms with van der Waals surface area (Å²) in [7, 11) is 1.77. The van der Waals surface area contributed by atoms with Crippen LogP contribution < -0.4 is 11.1 Å². The maximum Gasteiger partial charge on any atom is 0.225 e. The quantitative estimate of drug-likeness (QED) is 0.386. The number of hydrogen-bond donors (Lipinski definition) is 2. The summed E-state index contributed by atoms with van der Waals surface area (Å²) in [4.78, 5) is 24.4. The van der Waals surface area contributed by atoms with Crippen molar-refractivity contribution in [1.82, 2.24) is 34.7 Å². The summed E-state index contributed by atoms with van der Waals surface area (Å²) in [6.45, 7) is 0.792. The van der Waals surface area contributed by atoms with Crippen molar-refractivity contribution in [2.75, 3.05) is 12.4 Å². The molecule has 3 N–H and O–H groups in total. The third-order valence-electron chi connectivity index (χ3n) is 6.11. The first-order valence-corrected chi connectivity index (χ1v) is 11.3. The lowest BCUT2D eigenvalue weighted by Gasteiger charge is -2.12. The molecule has 0 bridgehead atoms. The van der Waals surface area contributed by atoms with Crippen molar-refractivity contribution in [3.8, 4) is 16.8 Å². The zero-order valence-corrected chi connectivity index (χ0v) is 18.9. The first-order valence-electron chi connectivity index (χ1n) is 11.3. The fourth-order valence-corrected chi connectivity index (χ4v) is 4.27. The number of carbonyl (C=O) groups is 1. The first kappa shape index (κ1) is 21.7. The second kappa shape index (κ2) is 9.38. The number of benzene rings is 1. The third kappa shape index (κ3) is 4.49. The van der Waals surface area contributed by atoms with Crippen molar-refractivity contribution in [2.24, 2.45) is 16.6 Å². The van der Waals surface area contributed by atoms with Gasteiger partial charge in [-0.25, -0.2) is 4.98 Å². The lowest BCUT2D eigenvalue weighted by Crippen LogP contribution is -2.23. The minimum absolute atomic E-state index is 0.0933. The van der Waals surface area contributed by atoms with Crippen molar-refractivity contribution in [1.29, 1.82) is 0 Å². The highest BCUT2D eigenvalue weighted by Gasteiger charge is 2.28. The van der Waals surface area contributed by atoms with Crippen molar-refractivity contribution in [2.45, 2.75) is 38.3 Å². The van der Waals surface area contributed by atoms with Gasteiger partial charge in [0.15, 0.2) is 11.2 Å². The number of aryl methyl sites for hydroxylation is 1. The van der Waals surface area contributed by atoms with Gasteiger partial charge in [0, 0.05) is 49.9 Å². The van der Waals surface area contributed by atoms with Gasteiger partial charge in [0.2, 0.25) is 11.9 Å². The molecule has 2 atom stereocenters. The largest absolute Gasteiger partial charge is 0.369 e. The van der Waals surface area contributed by atoms with Gasteiger partial charge in [-0.2, -0.15) is 14.8 Å². The summed E-state index contributed by atoms with van der Waals surface area (Å²) >= 11 is 0. The molecular formula is C23H26N10O. The number of nitrogens with one attached hydrogen (secondary N) is 1. The van der Waals surface area contributed by atoms with Gasteiger partial charge in [-0.1, -0.05) is 17.3 Å². The molecule has 174 valence electrons. The van der Waals surface area contributed by atoms with Crippen LogP contribution >= 0.6 is 0 Å². The lowest BCUT2D eigenvalue weighted by atomic mass is 10.1. The number of hydrogen-bond acceptors (Lipinski definition) is 8. The van der Waals surface area contributed by atoms with Gasteiger partial charge in [-0.3, -0.25) is 9.48 Å². The van der Waals surface area contributed by atoms with Crippen LogP contribution in [0.4, 0.5) is 5.95 Å². The van der Waals surface area contributed by atoms with Crippen LogP contribution in [0.2, 0.25) is 0 Å². The Morgan fingerprint density at radius 3 is 2.85 bits per heavy atom. The second-order valence-electron chi connectivity index (χ2n) is 8.43. The highest BCUT2D eigenvalue weighted by Crippen LogP contribution is 2.27. The molecule has 1 amide bonds. The predicted octanol–water partition coefficient (Wildman–Crippen LogP) is 2.23. The molecule has 0 aliphatic heterocycles. The Bertz CT molecular complexity index is 1320. The summed E-state index contributed by atoms with van der Waals surface area (Å²) < 4.78 is 3.61. The van der Waals surface area contributed by atoms with E-state index >= 15 is 0 Å². The Morgan fingerprint density at radius 2 is 2.09 bits per heavy atom. The van der Waals surface area contributed by atoms with Gasteiger partial charge in [-0.05, 0) is 37.0 Å². The number of primary amides is 1. The van der Waals surface area contributed by atoms with Crippen LogP contribution in [0, 0.1) is 5.92 Å². The summed E-state index contributed by atoms with van der Waals surface area (Å²) in [5, 5.41) is 16.2. The molecular weight excluding hydrogens is 432 g/mol. The summed E-state index contributed by atoms with van der Waals surface area (Å²) in [6.07, 6.45) is 10.6. The molecule has 4 aromatic rings. The smallest absolute Gasteiger partial charge is 0.225 e. The zero-order chi connectivity index (χ0) is 23.5. The topological polar surface area (TPSA) is 142 Å². The number of fused-ring (bicyclic) bond motifs is 1. The second-order valence-corrected chi connectivity index (χ2v) is 8.43. The Labute approximate surface area is 196 Å². The maximum absolute atomic E-state index is 11.4. The molecule has 0 radical (unpaired) electrons. The highest BCUT2D eigenvalue weighted by molar-refractivity contribution is 5.77. The first-order chi connectivity index (χ1) is 16.6. The molecule has 3 heterocycles. The van der Waals surface area contributed by atoms with Crippen LogP contribution in [0.15, 0.2) is 47.8 Å². The SMILES string of the molecule is C/N=C\CCn1cc(-c2ccc(-n3nnc4cnc(N[C@@H]5CC[C@@H](C(N)=O)C5)nc43)cc2)cn1. The average Bonchev–Trinajstić information content (AvgIpc) is 3.59. The van der Waals surface area contributed by atoms with Gasteiger partial charge in [0.1, 0.15) is 0 Å². The number of anilines is 1. The van der Waals surface area contributed by atoms with E-state index < -0.39 is 0 Å². The minimum atomic E-state index is -0.246. The number of rotatable bonds is 8. The van der Waals surface area contributed by atoms with Crippen molar-refractivity contribution in [3.63, 3.8) is 0 Å². The number of aromatic nitrogens is 7. The van der Waals surface area contributed by atoms with Crippen molar-refractivity contribution >= 4 is 29.2 Å².